The summed E-state index contributed by atoms with van der Waals surface area (Å²) in [6, 6.07) is 7.75. The number of benzene rings is 1. The van der Waals surface area contributed by atoms with E-state index in [-0.39, 0.29) is 47.9 Å². The van der Waals surface area contributed by atoms with Crippen molar-refractivity contribution in [3.05, 3.63) is 35.4 Å². The Morgan fingerprint density at radius 2 is 2.03 bits per heavy atom. The van der Waals surface area contributed by atoms with Crippen LogP contribution >= 0.6 is 24.0 Å². The van der Waals surface area contributed by atoms with Gasteiger partial charge in [-0.3, -0.25) is 9.79 Å². The van der Waals surface area contributed by atoms with Crippen LogP contribution in [0.5, 0.6) is 0 Å². The van der Waals surface area contributed by atoms with Crippen molar-refractivity contribution < 1.29 is 14.6 Å². The molecule has 1 saturated heterocycles. The molecule has 164 valence electrons. The second kappa shape index (κ2) is 13.0. The lowest BCUT2D eigenvalue weighted by Crippen LogP contribution is -2.44. The number of carbonyl (C=O) groups is 1. The number of aliphatic imine (C=N–C) groups is 1. The predicted octanol–water partition coefficient (Wildman–Crippen LogP) is 2.29. The Bertz CT molecular complexity index is 646. The number of ether oxygens (including phenoxy) is 1. The molecule has 0 bridgehead atoms. The highest BCUT2D eigenvalue weighted by Gasteiger charge is 2.34. The van der Waals surface area contributed by atoms with Crippen molar-refractivity contribution >= 4 is 35.8 Å². The van der Waals surface area contributed by atoms with Crippen molar-refractivity contribution in [2.24, 2.45) is 10.4 Å². The van der Waals surface area contributed by atoms with Crippen LogP contribution in [0.4, 0.5) is 0 Å². The van der Waals surface area contributed by atoms with Gasteiger partial charge < -0.3 is 25.8 Å². The molecule has 1 amide bonds. The molecule has 8 heteroatoms. The van der Waals surface area contributed by atoms with Crippen LogP contribution in [0.25, 0.3) is 0 Å². The van der Waals surface area contributed by atoms with Crippen LogP contribution in [0.15, 0.2) is 29.3 Å². The lowest BCUT2D eigenvalue weighted by molar-refractivity contribution is 0.0939. The van der Waals surface area contributed by atoms with Gasteiger partial charge in [0, 0.05) is 50.4 Å². The summed E-state index contributed by atoms with van der Waals surface area (Å²) in [7, 11) is 1.74. The number of carbonyl (C=O) groups excluding carboxylic acids is 1. The number of hydrogen-bond donors (Lipinski definition) is 4. The molecule has 0 saturated carbocycles. The summed E-state index contributed by atoms with van der Waals surface area (Å²) in [5.41, 5.74) is 1.70. The molecule has 7 nitrogen and oxygen atoms in total. The van der Waals surface area contributed by atoms with E-state index in [1.54, 1.807) is 7.05 Å². The minimum atomic E-state index is -0.0423. The van der Waals surface area contributed by atoms with Crippen LogP contribution in [0.1, 0.15) is 49.0 Å². The zero-order chi connectivity index (χ0) is 20.4. The molecular weight excluding hydrogens is 483 g/mol. The molecule has 4 N–H and O–H groups in total. The van der Waals surface area contributed by atoms with E-state index in [1.165, 1.54) is 0 Å². The van der Waals surface area contributed by atoms with Gasteiger partial charge in [0.25, 0.3) is 5.91 Å². The minimum Gasteiger partial charge on any atom is -0.396 e. The maximum atomic E-state index is 12.1. The number of aliphatic hydroxyl groups is 1. The third-order valence-corrected chi connectivity index (χ3v) is 5.35. The lowest BCUT2D eigenvalue weighted by Gasteiger charge is -2.27. The smallest absolute Gasteiger partial charge is 0.251 e. The minimum absolute atomic E-state index is 0. The summed E-state index contributed by atoms with van der Waals surface area (Å²) in [6.45, 7) is 6.93. The number of nitrogens with zero attached hydrogens (tertiary/aromatic N) is 1. The predicted molar refractivity (Wildman–Crippen MR) is 127 cm³/mol. The van der Waals surface area contributed by atoms with Crippen molar-refractivity contribution in [2.45, 2.75) is 45.7 Å². The van der Waals surface area contributed by atoms with E-state index in [0.717, 1.165) is 31.4 Å². The monoisotopic (exact) mass is 518 g/mol. The van der Waals surface area contributed by atoms with Crippen LogP contribution in [0.2, 0.25) is 0 Å². The summed E-state index contributed by atoms with van der Waals surface area (Å²) in [6.07, 6.45) is 2.57. The number of halogens is 1. The maximum Gasteiger partial charge on any atom is 0.251 e. The molecule has 0 aliphatic carbocycles. The average molecular weight is 518 g/mol. The van der Waals surface area contributed by atoms with E-state index in [9.17, 15) is 9.90 Å². The van der Waals surface area contributed by atoms with Gasteiger partial charge in [-0.25, -0.2) is 0 Å². The summed E-state index contributed by atoms with van der Waals surface area (Å²) in [4.78, 5) is 16.4. The van der Waals surface area contributed by atoms with E-state index in [2.05, 4.69) is 20.9 Å². The second-order valence-corrected chi connectivity index (χ2v) is 7.54. The molecule has 1 aliphatic heterocycles. The lowest BCUT2D eigenvalue weighted by atomic mass is 9.84. The fraction of sp³-hybridized carbons (Fsp3) is 0.619. The molecule has 0 radical (unpaired) electrons. The van der Waals surface area contributed by atoms with Crippen molar-refractivity contribution in [3.63, 3.8) is 0 Å². The fourth-order valence-electron chi connectivity index (χ4n) is 3.17. The average Bonchev–Trinajstić information content (AvgIpc) is 3.17. The van der Waals surface area contributed by atoms with Gasteiger partial charge in [-0.05, 0) is 43.9 Å². The molecule has 1 aliphatic rings. The van der Waals surface area contributed by atoms with Crippen LogP contribution < -0.4 is 16.0 Å². The van der Waals surface area contributed by atoms with Crippen LogP contribution in [-0.2, 0) is 11.3 Å². The molecule has 1 fully saturated rings. The largest absolute Gasteiger partial charge is 0.396 e. The molecule has 1 heterocycles. The quantitative estimate of drug-likeness (QED) is 0.229. The van der Waals surface area contributed by atoms with Gasteiger partial charge in [0.05, 0.1) is 6.61 Å². The molecular formula is C21H35IN4O3. The highest BCUT2D eigenvalue weighted by molar-refractivity contribution is 14.0. The van der Waals surface area contributed by atoms with Crippen molar-refractivity contribution in [3.8, 4) is 0 Å². The zero-order valence-electron chi connectivity index (χ0n) is 17.7. The molecule has 0 spiro atoms. The molecule has 1 aromatic carbocycles. The van der Waals surface area contributed by atoms with E-state index in [4.69, 9.17) is 4.74 Å². The van der Waals surface area contributed by atoms with Crippen molar-refractivity contribution in [1.29, 1.82) is 0 Å². The van der Waals surface area contributed by atoms with Gasteiger partial charge >= 0.3 is 0 Å². The van der Waals surface area contributed by atoms with E-state index in [1.807, 2.05) is 38.1 Å². The van der Waals surface area contributed by atoms with Crippen molar-refractivity contribution in [1.82, 2.24) is 16.0 Å². The first kappa shape index (κ1) is 25.6. The third-order valence-electron chi connectivity index (χ3n) is 5.35. The standard InChI is InChI=1S/C21H34N4O3.HI/c1-4-16(2)25-19(27)18-7-5-17(6-8-18)13-23-20(22-3)24-14-21(9-11-26)10-12-28-15-21;/h5-8,16,26H,4,9-15H2,1-3H3,(H,25,27)(H2,22,23,24);1H. The van der Waals surface area contributed by atoms with Crippen LogP contribution in [0, 0.1) is 5.41 Å². The highest BCUT2D eigenvalue weighted by atomic mass is 127. The Kier molecular flexibility index (Phi) is 11.5. The summed E-state index contributed by atoms with van der Waals surface area (Å²) >= 11 is 0. The van der Waals surface area contributed by atoms with Crippen LogP contribution in [0.3, 0.4) is 0 Å². The fourth-order valence-corrected chi connectivity index (χ4v) is 3.17. The molecule has 29 heavy (non-hydrogen) atoms. The van der Waals surface area contributed by atoms with Gasteiger partial charge in [0.2, 0.25) is 0 Å². The molecule has 2 unspecified atom stereocenters. The third kappa shape index (κ3) is 8.10. The number of nitrogens with one attached hydrogen (secondary N) is 3. The first-order chi connectivity index (χ1) is 13.5. The maximum absolute atomic E-state index is 12.1. The number of guanidine groups is 1. The molecule has 0 aromatic heterocycles. The number of aliphatic hydroxyl groups excluding tert-OH is 1. The van der Waals surface area contributed by atoms with E-state index < -0.39 is 0 Å². The second-order valence-electron chi connectivity index (χ2n) is 7.54. The highest BCUT2D eigenvalue weighted by Crippen LogP contribution is 2.31. The first-order valence-electron chi connectivity index (χ1n) is 10.0. The van der Waals surface area contributed by atoms with Crippen molar-refractivity contribution in [2.75, 3.05) is 33.4 Å². The van der Waals surface area contributed by atoms with E-state index >= 15 is 0 Å². The van der Waals surface area contributed by atoms with Gasteiger partial charge in [0.1, 0.15) is 0 Å². The van der Waals surface area contributed by atoms with Gasteiger partial charge in [-0.1, -0.05) is 19.1 Å². The molecule has 1 aromatic rings. The Morgan fingerprint density at radius 3 is 2.59 bits per heavy atom. The summed E-state index contributed by atoms with van der Waals surface area (Å²) in [5, 5.41) is 18.9. The Labute approximate surface area is 191 Å². The number of rotatable bonds is 9. The Morgan fingerprint density at radius 1 is 1.31 bits per heavy atom. The summed E-state index contributed by atoms with van der Waals surface area (Å²) in [5.74, 6) is 0.669. The van der Waals surface area contributed by atoms with Gasteiger partial charge in [0.15, 0.2) is 5.96 Å². The van der Waals surface area contributed by atoms with Gasteiger partial charge in [-0.15, -0.1) is 24.0 Å². The first-order valence-corrected chi connectivity index (χ1v) is 10.0. The SMILES string of the molecule is CCC(C)NC(=O)c1ccc(CNC(=NC)NCC2(CCO)CCOC2)cc1.I. The van der Waals surface area contributed by atoms with Crippen LogP contribution in [-0.4, -0.2) is 56.4 Å². The van der Waals surface area contributed by atoms with E-state index in [0.29, 0.717) is 31.2 Å². The van der Waals surface area contributed by atoms with Gasteiger partial charge in [-0.2, -0.15) is 0 Å². The Hall–Kier alpha value is -1.39. The number of hydrogen-bond acceptors (Lipinski definition) is 4. The number of amides is 1. The zero-order valence-corrected chi connectivity index (χ0v) is 20.0. The Balaban J connectivity index is 0.00000420. The topological polar surface area (TPSA) is 95.0 Å². The normalized spacial score (nSPS) is 19.9. The molecule has 2 rings (SSSR count). The summed E-state index contributed by atoms with van der Waals surface area (Å²) < 4.78 is 5.53. The molecule has 2 atom stereocenters.